The minimum absolute atomic E-state index is 0. The number of ether oxygens (including phenoxy) is 2. The van der Waals surface area contributed by atoms with Crippen molar-refractivity contribution in [3.63, 3.8) is 0 Å². The third-order valence-electron chi connectivity index (χ3n) is 5.38. The number of likely N-dealkylation sites (N-methyl/N-ethyl adjacent to an activating group) is 1. The number of methoxy groups -OCH3 is 2. The van der Waals surface area contributed by atoms with Gasteiger partial charge in [-0.15, -0.1) is 12.4 Å². The summed E-state index contributed by atoms with van der Waals surface area (Å²) in [7, 11) is 7.22. The minimum Gasteiger partial charge on any atom is -0.495 e. The number of anilines is 1. The lowest BCUT2D eigenvalue weighted by atomic mass is 10.0. The summed E-state index contributed by atoms with van der Waals surface area (Å²) in [5, 5.41) is 0.617. The van der Waals surface area contributed by atoms with Crippen molar-refractivity contribution in [1.29, 1.82) is 0 Å². The molecule has 0 radical (unpaired) electrons. The summed E-state index contributed by atoms with van der Waals surface area (Å²) in [5.41, 5.74) is 3.50. The molecule has 0 aliphatic heterocycles. The number of amides is 1. The van der Waals surface area contributed by atoms with Crippen LogP contribution in [-0.4, -0.2) is 57.2 Å². The largest absolute Gasteiger partial charge is 0.495 e. The molecule has 0 unspecified atom stereocenters. The van der Waals surface area contributed by atoms with Crippen LogP contribution in [0.1, 0.15) is 10.4 Å². The molecule has 34 heavy (non-hydrogen) atoms. The molecule has 0 atom stereocenters. The van der Waals surface area contributed by atoms with Crippen LogP contribution in [0.5, 0.6) is 11.5 Å². The molecule has 1 amide bonds. The fourth-order valence-electron chi connectivity index (χ4n) is 3.57. The summed E-state index contributed by atoms with van der Waals surface area (Å²) in [6, 6.07) is 21.5. The van der Waals surface area contributed by atoms with Crippen molar-refractivity contribution in [1.82, 2.24) is 9.88 Å². The second-order valence-corrected chi connectivity index (χ2v) is 8.83. The van der Waals surface area contributed by atoms with Crippen LogP contribution in [0.4, 0.5) is 5.13 Å². The molecule has 0 saturated heterocycles. The Morgan fingerprint density at radius 2 is 1.47 bits per heavy atom. The van der Waals surface area contributed by atoms with Gasteiger partial charge in [-0.25, -0.2) is 4.98 Å². The number of fused-ring (bicyclic) bond motifs is 1. The van der Waals surface area contributed by atoms with Crippen molar-refractivity contribution in [3.05, 3.63) is 72.3 Å². The second-order valence-electron chi connectivity index (χ2n) is 7.85. The first-order valence-electron chi connectivity index (χ1n) is 10.7. The van der Waals surface area contributed by atoms with Gasteiger partial charge in [0.05, 0.1) is 14.2 Å². The zero-order chi connectivity index (χ0) is 23.4. The van der Waals surface area contributed by atoms with Crippen molar-refractivity contribution in [2.75, 3.05) is 46.3 Å². The predicted octanol–water partition coefficient (Wildman–Crippen LogP) is 5.61. The molecule has 4 aromatic rings. The van der Waals surface area contributed by atoms with Crippen LogP contribution in [0.15, 0.2) is 66.7 Å². The molecule has 1 heterocycles. The van der Waals surface area contributed by atoms with Gasteiger partial charge in [0.2, 0.25) is 0 Å². The van der Waals surface area contributed by atoms with E-state index in [9.17, 15) is 4.79 Å². The van der Waals surface area contributed by atoms with E-state index in [-0.39, 0.29) is 18.3 Å². The molecule has 0 fully saturated rings. The third-order valence-corrected chi connectivity index (χ3v) is 6.48. The highest BCUT2D eigenvalue weighted by Gasteiger charge is 2.23. The van der Waals surface area contributed by atoms with Crippen molar-refractivity contribution in [3.8, 4) is 22.6 Å². The number of aromatic nitrogens is 1. The molecular formula is C26H28ClN3O3S. The van der Waals surface area contributed by atoms with E-state index in [2.05, 4.69) is 12.1 Å². The molecule has 0 aliphatic rings. The molecule has 0 bridgehead atoms. The lowest BCUT2D eigenvalue weighted by Gasteiger charge is -2.22. The van der Waals surface area contributed by atoms with Crippen LogP contribution in [-0.2, 0) is 0 Å². The van der Waals surface area contributed by atoms with Crippen LogP contribution in [0.2, 0.25) is 0 Å². The van der Waals surface area contributed by atoms with Gasteiger partial charge in [0.25, 0.3) is 5.91 Å². The quantitative estimate of drug-likeness (QED) is 0.316. The normalized spacial score (nSPS) is 10.7. The zero-order valence-corrected chi connectivity index (χ0v) is 21.3. The first-order chi connectivity index (χ1) is 16.0. The van der Waals surface area contributed by atoms with Gasteiger partial charge in [-0.05, 0) is 49.5 Å². The monoisotopic (exact) mass is 497 g/mol. The maximum absolute atomic E-state index is 13.6. The maximum atomic E-state index is 13.6. The summed E-state index contributed by atoms with van der Waals surface area (Å²) in [6.07, 6.45) is 0. The fraction of sp³-hybridized carbons (Fsp3) is 0.231. The lowest BCUT2D eigenvalue weighted by Crippen LogP contribution is -2.36. The first-order valence-corrected chi connectivity index (χ1v) is 11.5. The van der Waals surface area contributed by atoms with E-state index in [1.807, 2.05) is 73.6 Å². The van der Waals surface area contributed by atoms with Gasteiger partial charge in [0.15, 0.2) is 5.13 Å². The summed E-state index contributed by atoms with van der Waals surface area (Å²) in [4.78, 5) is 22.2. The Bertz CT molecular complexity index is 1200. The van der Waals surface area contributed by atoms with E-state index >= 15 is 0 Å². The highest BCUT2D eigenvalue weighted by Crippen LogP contribution is 2.40. The smallest absolute Gasteiger partial charge is 0.260 e. The third kappa shape index (κ3) is 5.33. The van der Waals surface area contributed by atoms with Gasteiger partial charge < -0.3 is 14.4 Å². The van der Waals surface area contributed by atoms with Gasteiger partial charge in [-0.3, -0.25) is 9.69 Å². The van der Waals surface area contributed by atoms with Gasteiger partial charge >= 0.3 is 0 Å². The maximum Gasteiger partial charge on any atom is 0.260 e. The van der Waals surface area contributed by atoms with Crippen LogP contribution in [0, 0.1) is 0 Å². The molecule has 178 valence electrons. The van der Waals surface area contributed by atoms with E-state index in [1.54, 1.807) is 19.1 Å². The Morgan fingerprint density at radius 1 is 0.853 bits per heavy atom. The van der Waals surface area contributed by atoms with Crippen molar-refractivity contribution in [2.45, 2.75) is 0 Å². The van der Waals surface area contributed by atoms with Crippen LogP contribution in [0.25, 0.3) is 21.3 Å². The van der Waals surface area contributed by atoms with Crippen LogP contribution < -0.4 is 14.4 Å². The van der Waals surface area contributed by atoms with Crippen molar-refractivity contribution in [2.24, 2.45) is 0 Å². The van der Waals surface area contributed by atoms with Crippen LogP contribution in [0.3, 0.4) is 0 Å². The highest BCUT2D eigenvalue weighted by atomic mass is 35.5. The molecule has 1 aromatic heterocycles. The number of halogens is 1. The Balaban J connectivity index is 0.00000324. The van der Waals surface area contributed by atoms with Crippen molar-refractivity contribution < 1.29 is 14.3 Å². The number of hydrogen-bond acceptors (Lipinski definition) is 6. The molecule has 3 aromatic carbocycles. The lowest BCUT2D eigenvalue weighted by molar-refractivity contribution is 0.0985. The molecule has 4 rings (SSSR count). The summed E-state index contributed by atoms with van der Waals surface area (Å²) in [6.45, 7) is 1.22. The zero-order valence-electron chi connectivity index (χ0n) is 19.6. The van der Waals surface area contributed by atoms with E-state index in [1.165, 1.54) is 11.3 Å². The van der Waals surface area contributed by atoms with Gasteiger partial charge in [-0.2, -0.15) is 0 Å². The number of rotatable bonds is 8. The molecule has 0 aliphatic carbocycles. The number of thiazole rings is 1. The Labute approximate surface area is 210 Å². The Hall–Kier alpha value is -3.13. The minimum atomic E-state index is -0.0894. The molecular weight excluding hydrogens is 470 g/mol. The molecule has 8 heteroatoms. The average molecular weight is 498 g/mol. The van der Waals surface area contributed by atoms with Crippen LogP contribution >= 0.6 is 23.7 Å². The SMILES string of the molecule is COc1ccc(OC)c2sc(N(CCN(C)C)C(=O)c3ccc(-c4ccccc4)cc3)nc12.Cl. The number of hydrogen-bond donors (Lipinski definition) is 0. The summed E-state index contributed by atoms with van der Waals surface area (Å²) >= 11 is 1.43. The Morgan fingerprint density at radius 3 is 2.09 bits per heavy atom. The molecule has 0 N–H and O–H groups in total. The molecule has 0 saturated carbocycles. The molecule has 0 spiro atoms. The standard InChI is InChI=1S/C26H27N3O3S.ClH/c1-28(2)16-17-29(26-27-23-21(31-3)14-15-22(32-4)24(23)33-26)25(30)20-12-10-19(11-13-20)18-8-6-5-7-9-18;/h5-15H,16-17H2,1-4H3;1H. The molecule has 6 nitrogen and oxygen atoms in total. The van der Waals surface area contributed by atoms with E-state index in [4.69, 9.17) is 14.5 Å². The van der Waals surface area contributed by atoms with E-state index < -0.39 is 0 Å². The van der Waals surface area contributed by atoms with Gasteiger partial charge in [-0.1, -0.05) is 53.8 Å². The van der Waals surface area contributed by atoms with Gasteiger partial charge in [0.1, 0.15) is 21.7 Å². The summed E-state index contributed by atoms with van der Waals surface area (Å²) in [5.74, 6) is 1.27. The second kappa shape index (κ2) is 11.3. The highest BCUT2D eigenvalue weighted by molar-refractivity contribution is 7.22. The first kappa shape index (κ1) is 25.5. The number of carbonyl (C=O) groups is 1. The van der Waals surface area contributed by atoms with Gasteiger partial charge in [0, 0.05) is 18.7 Å². The van der Waals surface area contributed by atoms with E-state index in [0.29, 0.717) is 40.8 Å². The van der Waals surface area contributed by atoms with Crippen molar-refractivity contribution >= 4 is 45.0 Å². The topological polar surface area (TPSA) is 54.9 Å². The number of carbonyl (C=O) groups excluding carboxylic acids is 1. The number of benzene rings is 3. The average Bonchev–Trinajstić information content (AvgIpc) is 3.29. The summed E-state index contributed by atoms with van der Waals surface area (Å²) < 4.78 is 11.9. The predicted molar refractivity (Wildman–Crippen MR) is 142 cm³/mol. The van der Waals surface area contributed by atoms with E-state index in [0.717, 1.165) is 15.8 Å². The Kier molecular flexibility index (Phi) is 8.50. The number of nitrogens with zero attached hydrogens (tertiary/aromatic N) is 3. The fourth-order valence-corrected chi connectivity index (χ4v) is 4.66.